The van der Waals surface area contributed by atoms with Crippen molar-refractivity contribution >= 4 is 10.0 Å². The first-order valence-electron chi connectivity index (χ1n) is 7.35. The molecule has 0 saturated carbocycles. The van der Waals surface area contributed by atoms with Gasteiger partial charge in [0.2, 0.25) is 10.0 Å². The highest BCUT2D eigenvalue weighted by molar-refractivity contribution is 7.88. The van der Waals surface area contributed by atoms with Crippen LogP contribution in [-0.2, 0) is 14.8 Å². The molecule has 7 heteroatoms. The second-order valence-electron chi connectivity index (χ2n) is 6.70. The Labute approximate surface area is 121 Å². The summed E-state index contributed by atoms with van der Waals surface area (Å²) in [6, 6.07) is 0.732. The number of rotatable bonds is 2. The van der Waals surface area contributed by atoms with Gasteiger partial charge in [0.25, 0.3) is 0 Å². The number of morpholine rings is 1. The SMILES string of the molecule is CC(C)N1CC2(C1)CN(S(C)(=O)=O)CC1COCCN12. The fourth-order valence-corrected chi connectivity index (χ4v) is 4.68. The summed E-state index contributed by atoms with van der Waals surface area (Å²) in [5, 5.41) is 0. The van der Waals surface area contributed by atoms with Gasteiger partial charge in [-0.1, -0.05) is 0 Å². The maximum Gasteiger partial charge on any atom is 0.211 e. The average molecular weight is 303 g/mol. The predicted molar refractivity (Wildman–Crippen MR) is 77.2 cm³/mol. The van der Waals surface area contributed by atoms with Gasteiger partial charge in [-0.15, -0.1) is 0 Å². The van der Waals surface area contributed by atoms with Crippen LogP contribution in [0.4, 0.5) is 0 Å². The first kappa shape index (κ1) is 14.7. The third-order valence-corrected chi connectivity index (χ3v) is 6.13. The zero-order valence-electron chi connectivity index (χ0n) is 12.6. The van der Waals surface area contributed by atoms with E-state index in [1.165, 1.54) is 6.26 Å². The molecular weight excluding hydrogens is 278 g/mol. The van der Waals surface area contributed by atoms with Gasteiger partial charge in [0.1, 0.15) is 0 Å². The first-order valence-corrected chi connectivity index (χ1v) is 9.20. The number of sulfonamides is 1. The molecule has 3 aliphatic rings. The van der Waals surface area contributed by atoms with E-state index in [4.69, 9.17) is 4.74 Å². The van der Waals surface area contributed by atoms with Gasteiger partial charge < -0.3 is 4.74 Å². The Morgan fingerprint density at radius 1 is 1.25 bits per heavy atom. The van der Waals surface area contributed by atoms with Crippen molar-refractivity contribution in [3.63, 3.8) is 0 Å². The van der Waals surface area contributed by atoms with E-state index in [-0.39, 0.29) is 11.6 Å². The van der Waals surface area contributed by atoms with E-state index in [0.29, 0.717) is 25.7 Å². The molecule has 1 unspecified atom stereocenters. The average Bonchev–Trinajstić information content (AvgIpc) is 2.33. The van der Waals surface area contributed by atoms with Crippen LogP contribution in [0.1, 0.15) is 13.8 Å². The van der Waals surface area contributed by atoms with Crippen molar-refractivity contribution in [2.45, 2.75) is 31.5 Å². The zero-order chi connectivity index (χ0) is 14.5. The van der Waals surface area contributed by atoms with E-state index in [1.54, 1.807) is 4.31 Å². The Balaban J connectivity index is 1.83. The van der Waals surface area contributed by atoms with E-state index >= 15 is 0 Å². The lowest BCUT2D eigenvalue weighted by molar-refractivity contribution is -0.158. The standard InChI is InChI=1S/C13H25N3O3S/c1-11(2)14-8-13(9-14)10-15(20(3,17)18)6-12-7-19-5-4-16(12)13/h11-12H,4-10H2,1-3H3. The molecule has 0 bridgehead atoms. The summed E-state index contributed by atoms with van der Waals surface area (Å²) in [5.41, 5.74) is 0.0000463. The number of nitrogens with zero attached hydrogens (tertiary/aromatic N) is 3. The molecule has 0 aliphatic carbocycles. The molecule has 0 aromatic heterocycles. The summed E-state index contributed by atoms with van der Waals surface area (Å²) < 4.78 is 31.1. The fourth-order valence-electron chi connectivity index (χ4n) is 3.76. The molecular formula is C13H25N3O3S. The van der Waals surface area contributed by atoms with Gasteiger partial charge in [-0.05, 0) is 13.8 Å². The van der Waals surface area contributed by atoms with Crippen molar-refractivity contribution in [3.8, 4) is 0 Å². The van der Waals surface area contributed by atoms with Gasteiger partial charge in [0.05, 0.1) is 25.0 Å². The molecule has 3 rings (SSSR count). The molecule has 3 saturated heterocycles. The molecule has 3 heterocycles. The quantitative estimate of drug-likeness (QED) is 0.683. The minimum absolute atomic E-state index is 0.0000463. The molecule has 0 aromatic rings. The molecule has 0 N–H and O–H groups in total. The van der Waals surface area contributed by atoms with E-state index < -0.39 is 10.0 Å². The Morgan fingerprint density at radius 2 is 1.95 bits per heavy atom. The van der Waals surface area contributed by atoms with Crippen molar-refractivity contribution in [2.24, 2.45) is 0 Å². The van der Waals surface area contributed by atoms with Crippen LogP contribution < -0.4 is 0 Å². The van der Waals surface area contributed by atoms with Crippen LogP contribution in [0.25, 0.3) is 0 Å². The summed E-state index contributed by atoms with van der Waals surface area (Å²) >= 11 is 0. The highest BCUT2D eigenvalue weighted by Gasteiger charge is 2.55. The zero-order valence-corrected chi connectivity index (χ0v) is 13.4. The number of fused-ring (bicyclic) bond motifs is 2. The molecule has 116 valence electrons. The third-order valence-electron chi connectivity index (χ3n) is 4.92. The lowest BCUT2D eigenvalue weighted by atomic mass is 9.82. The number of hydrogen-bond acceptors (Lipinski definition) is 5. The van der Waals surface area contributed by atoms with Crippen LogP contribution in [0.3, 0.4) is 0 Å². The largest absolute Gasteiger partial charge is 0.378 e. The van der Waals surface area contributed by atoms with Crippen molar-refractivity contribution in [1.82, 2.24) is 14.1 Å². The molecule has 6 nitrogen and oxygen atoms in total. The second-order valence-corrected chi connectivity index (χ2v) is 8.68. The molecule has 1 spiro atoms. The van der Waals surface area contributed by atoms with Crippen LogP contribution in [-0.4, -0.2) is 92.3 Å². The first-order chi connectivity index (χ1) is 9.32. The van der Waals surface area contributed by atoms with Crippen molar-refractivity contribution in [1.29, 1.82) is 0 Å². The van der Waals surface area contributed by atoms with E-state index in [9.17, 15) is 8.42 Å². The summed E-state index contributed by atoms with van der Waals surface area (Å²) in [6.45, 7) is 9.86. The molecule has 0 aromatic carbocycles. The van der Waals surface area contributed by atoms with E-state index in [0.717, 1.165) is 26.2 Å². The van der Waals surface area contributed by atoms with Crippen molar-refractivity contribution in [3.05, 3.63) is 0 Å². The molecule has 0 amide bonds. The summed E-state index contributed by atoms with van der Waals surface area (Å²) in [7, 11) is -3.13. The molecule has 20 heavy (non-hydrogen) atoms. The molecule has 3 aliphatic heterocycles. The van der Waals surface area contributed by atoms with Crippen molar-refractivity contribution in [2.75, 3.05) is 52.2 Å². The minimum Gasteiger partial charge on any atom is -0.378 e. The second kappa shape index (κ2) is 4.91. The smallest absolute Gasteiger partial charge is 0.211 e. The fraction of sp³-hybridized carbons (Fsp3) is 1.00. The number of likely N-dealkylation sites (tertiary alicyclic amines) is 1. The third kappa shape index (κ3) is 2.39. The highest BCUT2D eigenvalue weighted by atomic mass is 32.2. The van der Waals surface area contributed by atoms with Gasteiger partial charge >= 0.3 is 0 Å². The van der Waals surface area contributed by atoms with Gasteiger partial charge in [0, 0.05) is 44.8 Å². The number of hydrogen-bond donors (Lipinski definition) is 0. The van der Waals surface area contributed by atoms with E-state index in [2.05, 4.69) is 23.6 Å². The summed E-state index contributed by atoms with van der Waals surface area (Å²) in [6.07, 6.45) is 1.32. The Morgan fingerprint density at radius 3 is 2.55 bits per heavy atom. The van der Waals surface area contributed by atoms with Crippen LogP contribution >= 0.6 is 0 Å². The topological polar surface area (TPSA) is 53.1 Å². The van der Waals surface area contributed by atoms with Crippen molar-refractivity contribution < 1.29 is 13.2 Å². The Bertz CT molecular complexity index is 473. The maximum atomic E-state index is 12.0. The minimum atomic E-state index is -3.13. The van der Waals surface area contributed by atoms with Gasteiger partial charge in [0.15, 0.2) is 0 Å². The number of piperazine rings is 1. The van der Waals surface area contributed by atoms with E-state index in [1.807, 2.05) is 0 Å². The van der Waals surface area contributed by atoms with Crippen LogP contribution in [0.2, 0.25) is 0 Å². The lowest BCUT2D eigenvalue weighted by Crippen LogP contribution is -2.81. The lowest BCUT2D eigenvalue weighted by Gasteiger charge is -2.63. The molecule has 1 atom stereocenters. The van der Waals surface area contributed by atoms with Gasteiger partial charge in [-0.2, -0.15) is 4.31 Å². The monoisotopic (exact) mass is 303 g/mol. The summed E-state index contributed by atoms with van der Waals surface area (Å²) in [4.78, 5) is 4.93. The molecule has 0 radical (unpaired) electrons. The van der Waals surface area contributed by atoms with Crippen LogP contribution in [0, 0.1) is 0 Å². The normalized spacial score (nSPS) is 32.3. The molecule has 3 fully saturated rings. The Kier molecular flexibility index (Phi) is 3.62. The number of ether oxygens (including phenoxy) is 1. The highest BCUT2D eigenvalue weighted by Crippen LogP contribution is 2.37. The Hall–Kier alpha value is -0.210. The van der Waals surface area contributed by atoms with Gasteiger partial charge in [-0.25, -0.2) is 8.42 Å². The summed E-state index contributed by atoms with van der Waals surface area (Å²) in [5.74, 6) is 0. The van der Waals surface area contributed by atoms with Crippen LogP contribution in [0.15, 0.2) is 0 Å². The predicted octanol–water partition coefficient (Wildman–Crippen LogP) is -0.575. The van der Waals surface area contributed by atoms with Crippen LogP contribution in [0.5, 0.6) is 0 Å². The van der Waals surface area contributed by atoms with Gasteiger partial charge in [-0.3, -0.25) is 9.80 Å². The maximum absolute atomic E-state index is 12.0.